The van der Waals surface area contributed by atoms with Gasteiger partial charge in [-0.25, -0.2) is 0 Å². The summed E-state index contributed by atoms with van der Waals surface area (Å²) < 4.78 is 0. The second-order valence-corrected chi connectivity index (χ2v) is 8.34. The molecule has 4 unspecified atom stereocenters. The van der Waals surface area contributed by atoms with Crippen molar-refractivity contribution in [2.45, 2.75) is 49.6 Å². The standard InChI is InChI=1S/C24H26N2O4/c25-24(13-14-27,23(29)30)22-17-9-4-5-11-19(17)26(20-12-6-10-18(20)22)21(28)15-16-7-2-1-3-8-16/h1-5,7-9,11,14,18,20,22H,6,10,12-13,15,25H2,(H,29,30). The van der Waals surface area contributed by atoms with Gasteiger partial charge in [-0.05, 0) is 36.0 Å². The van der Waals surface area contributed by atoms with E-state index in [1.54, 1.807) is 0 Å². The van der Waals surface area contributed by atoms with Crippen LogP contribution in [0, 0.1) is 5.92 Å². The molecule has 0 radical (unpaired) electrons. The van der Waals surface area contributed by atoms with Crippen LogP contribution in [-0.4, -0.2) is 34.8 Å². The van der Waals surface area contributed by atoms with E-state index in [4.69, 9.17) is 5.73 Å². The Morgan fingerprint density at radius 1 is 1.10 bits per heavy atom. The maximum absolute atomic E-state index is 13.4. The molecule has 2 aromatic carbocycles. The van der Waals surface area contributed by atoms with Crippen LogP contribution in [0.25, 0.3) is 0 Å². The van der Waals surface area contributed by atoms with E-state index in [0.717, 1.165) is 30.4 Å². The first-order valence-electron chi connectivity index (χ1n) is 10.4. The van der Waals surface area contributed by atoms with Crippen molar-refractivity contribution in [3.63, 3.8) is 0 Å². The molecule has 0 spiro atoms. The number of hydrogen-bond donors (Lipinski definition) is 2. The third-order valence-corrected chi connectivity index (χ3v) is 6.66. The van der Waals surface area contributed by atoms with Crippen LogP contribution in [0.3, 0.4) is 0 Å². The first-order chi connectivity index (χ1) is 14.5. The van der Waals surface area contributed by atoms with Gasteiger partial charge in [-0.3, -0.25) is 9.59 Å². The number of rotatable bonds is 6. The molecule has 1 aliphatic carbocycles. The summed E-state index contributed by atoms with van der Waals surface area (Å²) in [6.07, 6.45) is 3.09. The summed E-state index contributed by atoms with van der Waals surface area (Å²) >= 11 is 0. The van der Waals surface area contributed by atoms with Gasteiger partial charge >= 0.3 is 5.97 Å². The van der Waals surface area contributed by atoms with E-state index in [9.17, 15) is 19.5 Å². The van der Waals surface area contributed by atoms with E-state index >= 15 is 0 Å². The molecule has 30 heavy (non-hydrogen) atoms. The lowest BCUT2D eigenvalue weighted by molar-refractivity contribution is -0.146. The lowest BCUT2D eigenvalue weighted by atomic mass is 9.66. The number of amides is 1. The minimum Gasteiger partial charge on any atom is -0.480 e. The maximum atomic E-state index is 13.4. The molecule has 6 heteroatoms. The summed E-state index contributed by atoms with van der Waals surface area (Å²) in [4.78, 5) is 38.8. The van der Waals surface area contributed by atoms with Crippen molar-refractivity contribution in [1.82, 2.24) is 0 Å². The van der Waals surface area contributed by atoms with Crippen molar-refractivity contribution in [3.05, 3.63) is 65.7 Å². The first-order valence-corrected chi connectivity index (χ1v) is 10.4. The second-order valence-electron chi connectivity index (χ2n) is 8.34. The van der Waals surface area contributed by atoms with Crippen LogP contribution in [0.15, 0.2) is 54.6 Å². The number of aldehydes is 1. The van der Waals surface area contributed by atoms with Crippen LogP contribution in [0.1, 0.15) is 42.7 Å². The Morgan fingerprint density at radius 3 is 2.50 bits per heavy atom. The van der Waals surface area contributed by atoms with E-state index in [2.05, 4.69) is 0 Å². The van der Waals surface area contributed by atoms with Gasteiger partial charge in [0.15, 0.2) is 0 Å². The number of benzene rings is 2. The SMILES string of the molecule is NC(CC=O)(C(=O)O)C1c2ccccc2N(C(=O)Cc2ccccc2)C2CCCC21. The summed E-state index contributed by atoms with van der Waals surface area (Å²) in [5, 5.41) is 9.97. The Bertz CT molecular complexity index is 961. The minimum atomic E-state index is -1.69. The highest BCUT2D eigenvalue weighted by Crippen LogP contribution is 2.53. The van der Waals surface area contributed by atoms with Crippen LogP contribution >= 0.6 is 0 Å². The van der Waals surface area contributed by atoms with E-state index in [0.29, 0.717) is 12.0 Å². The molecule has 1 heterocycles. The summed E-state index contributed by atoms with van der Waals surface area (Å²) in [6.45, 7) is 0. The zero-order valence-electron chi connectivity index (χ0n) is 16.7. The molecule has 1 aliphatic heterocycles. The average Bonchev–Trinajstić information content (AvgIpc) is 3.21. The van der Waals surface area contributed by atoms with Crippen molar-refractivity contribution < 1.29 is 19.5 Å². The van der Waals surface area contributed by atoms with Gasteiger partial charge in [-0.1, -0.05) is 55.0 Å². The maximum Gasteiger partial charge on any atom is 0.324 e. The van der Waals surface area contributed by atoms with Crippen molar-refractivity contribution in [1.29, 1.82) is 0 Å². The number of carboxylic acid groups (broad SMARTS) is 1. The Labute approximate surface area is 175 Å². The number of hydrogen-bond acceptors (Lipinski definition) is 4. The molecule has 4 rings (SSSR count). The number of anilines is 1. The topological polar surface area (TPSA) is 101 Å². The molecular weight excluding hydrogens is 380 g/mol. The molecule has 2 aliphatic rings. The number of carbonyl (C=O) groups excluding carboxylic acids is 2. The summed E-state index contributed by atoms with van der Waals surface area (Å²) in [7, 11) is 0. The number of carboxylic acids is 1. The largest absolute Gasteiger partial charge is 0.480 e. The van der Waals surface area contributed by atoms with Gasteiger partial charge in [0.05, 0.1) is 6.42 Å². The fourth-order valence-electron chi connectivity index (χ4n) is 5.38. The molecule has 1 fully saturated rings. The van der Waals surface area contributed by atoms with Gasteiger partial charge in [0.25, 0.3) is 0 Å². The van der Waals surface area contributed by atoms with E-state index in [1.807, 2.05) is 59.5 Å². The molecule has 2 aromatic rings. The Kier molecular flexibility index (Phi) is 5.43. The molecule has 156 valence electrons. The van der Waals surface area contributed by atoms with Gasteiger partial charge in [-0.2, -0.15) is 0 Å². The van der Waals surface area contributed by atoms with Crippen LogP contribution < -0.4 is 10.6 Å². The zero-order valence-corrected chi connectivity index (χ0v) is 16.7. The molecule has 6 nitrogen and oxygen atoms in total. The van der Waals surface area contributed by atoms with E-state index in [1.165, 1.54) is 0 Å². The number of carbonyl (C=O) groups is 3. The van der Waals surface area contributed by atoms with Gasteiger partial charge < -0.3 is 20.5 Å². The molecule has 4 atom stereocenters. The van der Waals surface area contributed by atoms with E-state index < -0.39 is 17.4 Å². The quantitative estimate of drug-likeness (QED) is 0.719. The number of aliphatic carboxylic acids is 1. The normalized spacial score (nSPS) is 24.4. The highest BCUT2D eigenvalue weighted by Gasteiger charge is 2.55. The number of fused-ring (bicyclic) bond motifs is 2. The highest BCUT2D eigenvalue weighted by atomic mass is 16.4. The fraction of sp³-hybridized carbons (Fsp3) is 0.375. The number of para-hydroxylation sites is 1. The fourth-order valence-corrected chi connectivity index (χ4v) is 5.38. The molecule has 0 aromatic heterocycles. The predicted molar refractivity (Wildman–Crippen MR) is 113 cm³/mol. The summed E-state index contributed by atoms with van der Waals surface area (Å²) in [5.41, 5.74) is 7.11. The van der Waals surface area contributed by atoms with Crippen molar-refractivity contribution >= 4 is 23.9 Å². The third kappa shape index (κ3) is 3.31. The van der Waals surface area contributed by atoms with Crippen LogP contribution in [0.5, 0.6) is 0 Å². The van der Waals surface area contributed by atoms with Gasteiger partial charge in [0.1, 0.15) is 11.8 Å². The monoisotopic (exact) mass is 406 g/mol. The van der Waals surface area contributed by atoms with Crippen molar-refractivity contribution in [2.24, 2.45) is 11.7 Å². The summed E-state index contributed by atoms with van der Waals surface area (Å²) in [6, 6.07) is 16.9. The lowest BCUT2D eigenvalue weighted by Crippen LogP contribution is -2.60. The smallest absolute Gasteiger partial charge is 0.324 e. The first kappa shape index (κ1) is 20.3. The van der Waals surface area contributed by atoms with Gasteiger partial charge in [0.2, 0.25) is 5.91 Å². The van der Waals surface area contributed by atoms with Crippen LogP contribution in [-0.2, 0) is 20.8 Å². The Morgan fingerprint density at radius 2 is 1.80 bits per heavy atom. The summed E-state index contributed by atoms with van der Waals surface area (Å²) in [5.74, 6) is -1.80. The van der Waals surface area contributed by atoms with Crippen LogP contribution in [0.4, 0.5) is 5.69 Å². The van der Waals surface area contributed by atoms with Gasteiger partial charge in [0, 0.05) is 24.1 Å². The highest BCUT2D eigenvalue weighted by molar-refractivity contribution is 5.97. The predicted octanol–water partition coefficient (Wildman–Crippen LogP) is 2.90. The minimum absolute atomic E-state index is 0.00247. The Hall–Kier alpha value is -2.99. The van der Waals surface area contributed by atoms with E-state index in [-0.39, 0.29) is 30.7 Å². The van der Waals surface area contributed by atoms with Crippen molar-refractivity contribution in [2.75, 3.05) is 4.90 Å². The van der Waals surface area contributed by atoms with Gasteiger partial charge in [-0.15, -0.1) is 0 Å². The molecular formula is C24H26N2O4. The zero-order chi connectivity index (χ0) is 21.3. The third-order valence-electron chi connectivity index (χ3n) is 6.66. The van der Waals surface area contributed by atoms with Crippen LogP contribution in [0.2, 0.25) is 0 Å². The molecule has 1 saturated carbocycles. The molecule has 0 bridgehead atoms. The number of nitrogens with two attached hydrogens (primary N) is 1. The lowest BCUT2D eigenvalue weighted by Gasteiger charge is -2.48. The molecule has 3 N–H and O–H groups in total. The molecule has 1 amide bonds. The second kappa shape index (κ2) is 8.03. The van der Waals surface area contributed by atoms with Crippen molar-refractivity contribution in [3.8, 4) is 0 Å². The Balaban J connectivity index is 1.80. The average molecular weight is 406 g/mol. The molecule has 0 saturated heterocycles. The number of nitrogens with zero attached hydrogens (tertiary/aromatic N) is 1.